The smallest absolute Gasteiger partial charge is 0.151 e. The summed E-state index contributed by atoms with van der Waals surface area (Å²) in [7, 11) is -2.88. The van der Waals surface area contributed by atoms with Gasteiger partial charge in [0, 0.05) is 22.1 Å². The van der Waals surface area contributed by atoms with Crippen molar-refractivity contribution < 1.29 is 8.42 Å². The Balaban J connectivity index is 2.55. The molecular formula is C12H19NO2S2. The SMILES string of the molecule is CCCS(=O)(=O)CCSc1cccc(N)c1C. The highest BCUT2D eigenvalue weighted by Crippen LogP contribution is 2.26. The zero-order chi connectivity index (χ0) is 12.9. The Morgan fingerprint density at radius 2 is 2.00 bits per heavy atom. The molecule has 0 saturated heterocycles. The second kappa shape index (κ2) is 6.31. The van der Waals surface area contributed by atoms with Crippen molar-refractivity contribution in [1.29, 1.82) is 0 Å². The standard InChI is InChI=1S/C12H19NO2S2/c1-3-8-17(14,15)9-7-16-12-6-4-5-11(13)10(12)2/h4-6H,3,7-9,13H2,1-2H3. The van der Waals surface area contributed by atoms with Gasteiger partial charge in [0.05, 0.1) is 5.75 Å². The highest BCUT2D eigenvalue weighted by Gasteiger charge is 2.10. The van der Waals surface area contributed by atoms with Gasteiger partial charge in [-0.05, 0) is 31.0 Å². The molecule has 1 aromatic rings. The van der Waals surface area contributed by atoms with Crippen molar-refractivity contribution in [1.82, 2.24) is 0 Å². The van der Waals surface area contributed by atoms with Crippen molar-refractivity contribution in [2.75, 3.05) is 23.0 Å². The largest absolute Gasteiger partial charge is 0.398 e. The first-order valence-electron chi connectivity index (χ1n) is 5.64. The minimum Gasteiger partial charge on any atom is -0.398 e. The van der Waals surface area contributed by atoms with E-state index in [4.69, 9.17) is 5.73 Å². The van der Waals surface area contributed by atoms with Crippen LogP contribution in [-0.2, 0) is 9.84 Å². The summed E-state index contributed by atoms with van der Waals surface area (Å²) in [6.07, 6.45) is 0.685. The number of benzene rings is 1. The molecule has 0 amide bonds. The molecule has 0 aliphatic rings. The normalized spacial score (nSPS) is 11.6. The summed E-state index contributed by atoms with van der Waals surface area (Å²) in [6, 6.07) is 5.72. The molecule has 0 saturated carbocycles. The summed E-state index contributed by atoms with van der Waals surface area (Å²) in [5.74, 6) is 1.11. The molecule has 0 heterocycles. The summed E-state index contributed by atoms with van der Waals surface area (Å²) in [6.45, 7) is 3.84. The van der Waals surface area contributed by atoms with Crippen LogP contribution >= 0.6 is 11.8 Å². The lowest BCUT2D eigenvalue weighted by molar-refractivity contribution is 0.596. The second-order valence-corrected chi connectivity index (χ2v) is 7.41. The maximum absolute atomic E-state index is 11.5. The molecule has 96 valence electrons. The lowest BCUT2D eigenvalue weighted by atomic mass is 10.2. The minimum atomic E-state index is -2.88. The van der Waals surface area contributed by atoms with Crippen molar-refractivity contribution in [2.45, 2.75) is 25.2 Å². The van der Waals surface area contributed by atoms with Crippen LogP contribution in [-0.4, -0.2) is 25.7 Å². The quantitative estimate of drug-likeness (QED) is 0.639. The summed E-state index contributed by atoms with van der Waals surface area (Å²) < 4.78 is 23.1. The third-order valence-electron chi connectivity index (χ3n) is 2.49. The van der Waals surface area contributed by atoms with Crippen LogP contribution in [0.15, 0.2) is 23.1 Å². The topological polar surface area (TPSA) is 60.2 Å². The van der Waals surface area contributed by atoms with Crippen molar-refractivity contribution in [3.05, 3.63) is 23.8 Å². The van der Waals surface area contributed by atoms with E-state index >= 15 is 0 Å². The zero-order valence-corrected chi connectivity index (χ0v) is 11.9. The first-order chi connectivity index (χ1) is 7.96. The van der Waals surface area contributed by atoms with Crippen LogP contribution in [0.25, 0.3) is 0 Å². The lowest BCUT2D eigenvalue weighted by Gasteiger charge is -2.07. The Labute approximate surface area is 108 Å². The maximum atomic E-state index is 11.5. The Kier molecular flexibility index (Phi) is 5.33. The molecule has 2 N–H and O–H groups in total. The fraction of sp³-hybridized carbons (Fsp3) is 0.500. The van der Waals surface area contributed by atoms with E-state index in [1.807, 2.05) is 32.0 Å². The van der Waals surface area contributed by atoms with Gasteiger partial charge in [0.2, 0.25) is 0 Å². The van der Waals surface area contributed by atoms with Gasteiger partial charge < -0.3 is 5.73 Å². The van der Waals surface area contributed by atoms with Crippen molar-refractivity contribution in [2.24, 2.45) is 0 Å². The third-order valence-corrected chi connectivity index (χ3v) is 5.77. The Morgan fingerprint density at radius 3 is 2.65 bits per heavy atom. The van der Waals surface area contributed by atoms with Gasteiger partial charge in [0.1, 0.15) is 0 Å². The number of sulfone groups is 1. The van der Waals surface area contributed by atoms with Crippen molar-refractivity contribution in [3.8, 4) is 0 Å². The first kappa shape index (κ1) is 14.4. The molecule has 5 heteroatoms. The molecule has 0 spiro atoms. The molecule has 0 radical (unpaired) electrons. The number of hydrogen-bond acceptors (Lipinski definition) is 4. The van der Waals surface area contributed by atoms with Crippen LogP contribution in [0.1, 0.15) is 18.9 Å². The fourth-order valence-electron chi connectivity index (χ4n) is 1.48. The molecule has 1 rings (SSSR count). The van der Waals surface area contributed by atoms with E-state index in [9.17, 15) is 8.42 Å². The predicted molar refractivity (Wildman–Crippen MR) is 75.3 cm³/mol. The lowest BCUT2D eigenvalue weighted by Crippen LogP contribution is -2.12. The Morgan fingerprint density at radius 1 is 1.29 bits per heavy atom. The Hall–Kier alpha value is -0.680. The Bertz CT molecular complexity index is 469. The van der Waals surface area contributed by atoms with Crippen LogP contribution in [0.3, 0.4) is 0 Å². The maximum Gasteiger partial charge on any atom is 0.151 e. The molecule has 0 atom stereocenters. The summed E-state index contributed by atoms with van der Waals surface area (Å²) in [5.41, 5.74) is 7.58. The highest BCUT2D eigenvalue weighted by molar-refractivity contribution is 8.00. The van der Waals surface area contributed by atoms with Crippen LogP contribution in [0.5, 0.6) is 0 Å². The average Bonchev–Trinajstić information content (AvgIpc) is 2.24. The zero-order valence-electron chi connectivity index (χ0n) is 10.3. The minimum absolute atomic E-state index is 0.236. The van der Waals surface area contributed by atoms with Gasteiger partial charge in [-0.1, -0.05) is 13.0 Å². The predicted octanol–water partition coefficient (Wildman–Crippen LogP) is 2.49. The molecule has 0 fully saturated rings. The van der Waals surface area contributed by atoms with E-state index in [-0.39, 0.29) is 11.5 Å². The molecule has 0 unspecified atom stereocenters. The number of nitrogens with two attached hydrogens (primary N) is 1. The van der Waals surface area contributed by atoms with E-state index in [0.29, 0.717) is 12.2 Å². The summed E-state index contributed by atoms with van der Waals surface area (Å²) in [4.78, 5) is 1.07. The molecule has 0 aliphatic carbocycles. The van der Waals surface area contributed by atoms with Crippen molar-refractivity contribution in [3.63, 3.8) is 0 Å². The van der Waals surface area contributed by atoms with Gasteiger partial charge in [-0.3, -0.25) is 0 Å². The van der Waals surface area contributed by atoms with E-state index < -0.39 is 9.84 Å². The van der Waals surface area contributed by atoms with Crippen LogP contribution in [0.4, 0.5) is 5.69 Å². The van der Waals surface area contributed by atoms with Crippen LogP contribution in [0, 0.1) is 6.92 Å². The first-order valence-corrected chi connectivity index (χ1v) is 8.45. The molecule has 1 aromatic carbocycles. The average molecular weight is 273 g/mol. The number of rotatable bonds is 6. The molecule has 0 aromatic heterocycles. The summed E-state index contributed by atoms with van der Waals surface area (Å²) >= 11 is 1.55. The molecular weight excluding hydrogens is 254 g/mol. The van der Waals surface area contributed by atoms with E-state index in [1.54, 1.807) is 11.8 Å². The van der Waals surface area contributed by atoms with Crippen LogP contribution < -0.4 is 5.73 Å². The van der Waals surface area contributed by atoms with E-state index in [1.165, 1.54) is 0 Å². The number of nitrogen functional groups attached to an aromatic ring is 1. The fourth-order valence-corrected chi connectivity index (χ4v) is 4.38. The molecule has 3 nitrogen and oxygen atoms in total. The third kappa shape index (κ3) is 4.60. The van der Waals surface area contributed by atoms with Gasteiger partial charge in [-0.15, -0.1) is 11.8 Å². The van der Waals surface area contributed by atoms with Gasteiger partial charge in [0.15, 0.2) is 9.84 Å². The van der Waals surface area contributed by atoms with Gasteiger partial charge >= 0.3 is 0 Å². The van der Waals surface area contributed by atoms with Gasteiger partial charge in [-0.2, -0.15) is 0 Å². The van der Waals surface area contributed by atoms with E-state index in [0.717, 1.165) is 16.1 Å². The van der Waals surface area contributed by atoms with Gasteiger partial charge in [0.25, 0.3) is 0 Å². The van der Waals surface area contributed by atoms with E-state index in [2.05, 4.69) is 0 Å². The second-order valence-electron chi connectivity index (χ2n) is 3.97. The van der Waals surface area contributed by atoms with Crippen molar-refractivity contribution >= 4 is 27.3 Å². The molecule has 0 aliphatic heterocycles. The number of anilines is 1. The summed E-state index contributed by atoms with van der Waals surface area (Å²) in [5, 5.41) is 0. The molecule has 17 heavy (non-hydrogen) atoms. The number of thioether (sulfide) groups is 1. The molecule has 0 bridgehead atoms. The number of hydrogen-bond donors (Lipinski definition) is 1. The highest BCUT2D eigenvalue weighted by atomic mass is 32.2. The van der Waals surface area contributed by atoms with Crippen LogP contribution in [0.2, 0.25) is 0 Å². The monoisotopic (exact) mass is 273 g/mol. The van der Waals surface area contributed by atoms with Gasteiger partial charge in [-0.25, -0.2) is 8.42 Å².